The van der Waals surface area contributed by atoms with Crippen LogP contribution in [0.5, 0.6) is 0 Å². The second-order valence-corrected chi connectivity index (χ2v) is 9.89. The minimum absolute atomic E-state index is 0.127. The highest BCUT2D eigenvalue weighted by Gasteiger charge is 2.20. The number of carbonyl (C=O) groups is 1. The molecule has 1 fully saturated rings. The minimum Gasteiger partial charge on any atom is -0.378 e. The lowest BCUT2D eigenvalue weighted by molar-refractivity contribution is 0.102. The van der Waals surface area contributed by atoms with Gasteiger partial charge in [-0.3, -0.25) is 4.79 Å². The lowest BCUT2D eigenvalue weighted by Crippen LogP contribution is -2.36. The molecule has 9 heteroatoms. The summed E-state index contributed by atoms with van der Waals surface area (Å²) in [5, 5.41) is 3.54. The highest BCUT2D eigenvalue weighted by Crippen LogP contribution is 2.34. The summed E-state index contributed by atoms with van der Waals surface area (Å²) in [4.78, 5) is 24.6. The predicted octanol–water partition coefficient (Wildman–Crippen LogP) is 5.47. The molecular formula is C29H29FN6O2. The van der Waals surface area contributed by atoms with E-state index in [2.05, 4.69) is 40.1 Å². The fourth-order valence-electron chi connectivity index (χ4n) is 5.14. The first-order valence-electron chi connectivity index (χ1n) is 12.8. The lowest BCUT2D eigenvalue weighted by Gasteiger charge is -2.29. The number of ether oxygens (including phenoxy) is 1. The largest absolute Gasteiger partial charge is 0.378 e. The highest BCUT2D eigenvalue weighted by molar-refractivity contribution is 6.12. The van der Waals surface area contributed by atoms with Crippen LogP contribution in [0, 0.1) is 12.7 Å². The molecule has 0 aliphatic carbocycles. The maximum atomic E-state index is 15.2. The molecule has 5 heterocycles. The molecule has 0 atom stereocenters. The number of fused-ring (bicyclic) bond motifs is 2. The quantitative estimate of drug-likeness (QED) is 0.338. The zero-order valence-corrected chi connectivity index (χ0v) is 21.6. The Kier molecular flexibility index (Phi) is 6.07. The van der Waals surface area contributed by atoms with Gasteiger partial charge < -0.3 is 23.9 Å². The van der Waals surface area contributed by atoms with E-state index < -0.39 is 5.82 Å². The van der Waals surface area contributed by atoms with Crippen LogP contribution in [0.25, 0.3) is 27.8 Å². The molecule has 5 aromatic rings. The van der Waals surface area contributed by atoms with Crippen LogP contribution in [0.3, 0.4) is 0 Å². The molecule has 0 spiro atoms. The van der Waals surface area contributed by atoms with E-state index in [-0.39, 0.29) is 17.6 Å². The Bertz CT molecular complexity index is 1660. The summed E-state index contributed by atoms with van der Waals surface area (Å²) in [5.41, 5.74) is 5.67. The van der Waals surface area contributed by atoms with E-state index in [9.17, 15) is 4.79 Å². The average molecular weight is 513 g/mol. The number of rotatable bonds is 5. The van der Waals surface area contributed by atoms with Crippen molar-refractivity contribution < 1.29 is 13.9 Å². The van der Waals surface area contributed by atoms with Gasteiger partial charge in [-0.2, -0.15) is 0 Å². The van der Waals surface area contributed by atoms with Gasteiger partial charge in [-0.25, -0.2) is 14.4 Å². The van der Waals surface area contributed by atoms with Crippen LogP contribution < -0.4 is 10.2 Å². The summed E-state index contributed by atoms with van der Waals surface area (Å²) in [6, 6.07) is 9.00. The summed E-state index contributed by atoms with van der Waals surface area (Å²) in [6.07, 6.45) is 9.19. The lowest BCUT2D eigenvalue weighted by atomic mass is 10.00. The molecule has 1 saturated heterocycles. The first-order valence-corrected chi connectivity index (χ1v) is 12.8. The number of amides is 1. The molecule has 1 aliphatic heterocycles. The molecule has 194 valence electrons. The van der Waals surface area contributed by atoms with E-state index in [4.69, 9.17) is 4.74 Å². The van der Waals surface area contributed by atoms with E-state index >= 15 is 4.39 Å². The topological polar surface area (TPSA) is 76.7 Å². The number of nitrogens with one attached hydrogen (secondary N) is 1. The fourth-order valence-corrected chi connectivity index (χ4v) is 5.14. The van der Waals surface area contributed by atoms with E-state index in [1.807, 2.05) is 40.5 Å². The van der Waals surface area contributed by atoms with Crippen LogP contribution in [0.4, 0.5) is 15.8 Å². The third-order valence-electron chi connectivity index (χ3n) is 7.11. The number of hydrogen-bond donors (Lipinski definition) is 1. The summed E-state index contributed by atoms with van der Waals surface area (Å²) >= 11 is 0. The molecule has 1 amide bonds. The standard InChI is InChI=1S/C29H29FN6O2/c1-18(2)36-8-5-21-22(4-6-31-27(21)36)29(37)33-25-16-23(19(3)14-24(25)30)20-15-26(34-10-12-38-13-11-34)28-32-7-9-35(28)17-20/h4-9,14-18H,10-13H2,1-3H3,(H,33,37). The van der Waals surface area contributed by atoms with Gasteiger partial charge in [0.15, 0.2) is 5.65 Å². The van der Waals surface area contributed by atoms with Crippen molar-refractivity contribution in [1.82, 2.24) is 18.9 Å². The molecule has 8 nitrogen and oxygen atoms in total. The van der Waals surface area contributed by atoms with Crippen molar-refractivity contribution in [1.29, 1.82) is 0 Å². The number of hydrogen-bond acceptors (Lipinski definition) is 5. The van der Waals surface area contributed by atoms with Crippen LogP contribution >= 0.6 is 0 Å². The van der Waals surface area contributed by atoms with Gasteiger partial charge in [0.05, 0.1) is 30.2 Å². The Morgan fingerprint density at radius 2 is 1.84 bits per heavy atom. The second kappa shape index (κ2) is 9.57. The van der Waals surface area contributed by atoms with Crippen LogP contribution in [0.2, 0.25) is 0 Å². The SMILES string of the molecule is Cc1cc(F)c(NC(=O)c2ccnc3c2ccn3C(C)C)cc1-c1cc(N2CCOCC2)c2nccn2c1. The average Bonchev–Trinajstić information content (AvgIpc) is 3.57. The van der Waals surface area contributed by atoms with Gasteiger partial charge in [0.25, 0.3) is 5.91 Å². The number of aromatic nitrogens is 4. The van der Waals surface area contributed by atoms with Crippen LogP contribution in [-0.4, -0.2) is 51.1 Å². The van der Waals surface area contributed by atoms with Gasteiger partial charge in [0, 0.05) is 61.1 Å². The number of halogens is 1. The van der Waals surface area contributed by atoms with Crippen molar-refractivity contribution in [2.75, 3.05) is 36.5 Å². The smallest absolute Gasteiger partial charge is 0.256 e. The van der Waals surface area contributed by atoms with Gasteiger partial charge >= 0.3 is 0 Å². The van der Waals surface area contributed by atoms with Crippen molar-refractivity contribution in [3.63, 3.8) is 0 Å². The van der Waals surface area contributed by atoms with E-state index in [0.717, 1.165) is 52.1 Å². The number of anilines is 2. The number of benzene rings is 1. The zero-order chi connectivity index (χ0) is 26.4. The van der Waals surface area contributed by atoms with Crippen molar-refractivity contribution in [2.24, 2.45) is 0 Å². The molecule has 1 aromatic carbocycles. The fraction of sp³-hybridized carbons (Fsp3) is 0.276. The van der Waals surface area contributed by atoms with Gasteiger partial charge in [-0.15, -0.1) is 0 Å². The Morgan fingerprint density at radius 1 is 1.05 bits per heavy atom. The van der Waals surface area contributed by atoms with Gasteiger partial charge in [0.1, 0.15) is 11.5 Å². The summed E-state index contributed by atoms with van der Waals surface area (Å²) in [6.45, 7) is 8.85. The maximum absolute atomic E-state index is 15.2. The Morgan fingerprint density at radius 3 is 2.63 bits per heavy atom. The molecule has 0 radical (unpaired) electrons. The summed E-state index contributed by atoms with van der Waals surface area (Å²) in [5.74, 6) is -0.867. The molecule has 4 aromatic heterocycles. The van der Waals surface area contributed by atoms with Crippen molar-refractivity contribution in [2.45, 2.75) is 26.8 Å². The van der Waals surface area contributed by atoms with Gasteiger partial charge in [-0.1, -0.05) is 0 Å². The zero-order valence-electron chi connectivity index (χ0n) is 21.6. The Balaban J connectivity index is 1.38. The molecule has 0 bridgehead atoms. The highest BCUT2D eigenvalue weighted by atomic mass is 19.1. The Hall–Kier alpha value is -4.24. The molecule has 0 unspecified atom stereocenters. The maximum Gasteiger partial charge on any atom is 0.256 e. The molecule has 0 saturated carbocycles. The van der Waals surface area contributed by atoms with Crippen LogP contribution in [-0.2, 0) is 4.74 Å². The van der Waals surface area contributed by atoms with Crippen LogP contribution in [0.1, 0.15) is 35.8 Å². The third-order valence-corrected chi connectivity index (χ3v) is 7.11. The molecular weight excluding hydrogens is 483 g/mol. The van der Waals surface area contributed by atoms with Crippen LogP contribution in [0.15, 0.2) is 61.3 Å². The van der Waals surface area contributed by atoms with Crippen molar-refractivity contribution in [3.05, 3.63) is 78.3 Å². The van der Waals surface area contributed by atoms with E-state index in [0.29, 0.717) is 18.8 Å². The minimum atomic E-state index is -0.484. The number of imidazole rings is 1. The molecule has 6 rings (SSSR count). The summed E-state index contributed by atoms with van der Waals surface area (Å²) in [7, 11) is 0. The first kappa shape index (κ1) is 24.1. The second-order valence-electron chi connectivity index (χ2n) is 9.89. The van der Waals surface area contributed by atoms with E-state index in [1.165, 1.54) is 6.07 Å². The summed E-state index contributed by atoms with van der Waals surface area (Å²) < 4.78 is 24.7. The first-order chi connectivity index (χ1) is 18.4. The third kappa shape index (κ3) is 4.18. The predicted molar refractivity (Wildman–Crippen MR) is 146 cm³/mol. The normalized spacial score (nSPS) is 14.1. The van der Waals surface area contributed by atoms with Gasteiger partial charge in [0.2, 0.25) is 0 Å². The number of pyridine rings is 2. The van der Waals surface area contributed by atoms with Crippen molar-refractivity contribution >= 4 is 34.0 Å². The Labute approximate surface area is 219 Å². The monoisotopic (exact) mass is 512 g/mol. The molecule has 1 aliphatic rings. The van der Waals surface area contributed by atoms with Crippen molar-refractivity contribution in [3.8, 4) is 11.1 Å². The van der Waals surface area contributed by atoms with E-state index in [1.54, 1.807) is 24.5 Å². The van der Waals surface area contributed by atoms with Gasteiger partial charge in [-0.05, 0) is 62.2 Å². The molecule has 1 N–H and O–H groups in total. The number of nitrogens with zero attached hydrogens (tertiary/aromatic N) is 5. The number of aryl methyl sites for hydroxylation is 1. The molecule has 38 heavy (non-hydrogen) atoms. The number of morpholine rings is 1. The number of carbonyl (C=O) groups excluding carboxylic acids is 1.